The average molecular weight is 737 g/mol. The minimum Gasteiger partial charge on any atom is -0.462 e. The lowest BCUT2D eigenvalue weighted by molar-refractivity contribution is -0.183. The Bertz CT molecular complexity index is 1580. The maximum atomic E-state index is 15.0. The van der Waals surface area contributed by atoms with E-state index < -0.39 is 47.0 Å². The Kier molecular flexibility index (Phi) is 12.4. The third kappa shape index (κ3) is 8.61. The quantitative estimate of drug-likeness (QED) is 0.173. The predicted molar refractivity (Wildman–Crippen MR) is 202 cm³/mol. The standard InChI is InChI=1S/C44H64O9/c1-25(2)39-36(50-30(7)45)22-27(4)13-11-12-26(3)20-32(47)24-44-34-21-28(5)14-15-38(51-31(8)46)43(10)19-17-37(53-43)42(9,49)18-16-33(34)29(6)23-35(44)40(39)52-41(44)48/h13,20-21,25,34-40,49H,11-12,14-19,22-24H2,1-10H3/t34-,35+,36+,37+,38-,39+,40+,42+,43-,44+/m1/s1. The van der Waals surface area contributed by atoms with Crippen LogP contribution in [0.3, 0.4) is 0 Å². The molecule has 4 bridgehead atoms. The molecule has 5 aliphatic rings. The molecule has 2 fully saturated rings. The molecular formula is C44H64O9. The van der Waals surface area contributed by atoms with Crippen molar-refractivity contribution < 1.29 is 43.2 Å². The summed E-state index contributed by atoms with van der Waals surface area (Å²) in [5, 5.41) is 12.0. The second kappa shape index (κ2) is 16.0. The number of rotatable bonds is 3. The number of fused-ring (bicyclic) bond motifs is 3. The molecule has 0 radical (unpaired) electrons. The minimum atomic E-state index is -1.21. The molecule has 0 saturated carbocycles. The second-order valence-corrected chi connectivity index (χ2v) is 17.9. The van der Waals surface area contributed by atoms with Crippen LogP contribution >= 0.6 is 0 Å². The van der Waals surface area contributed by atoms with Gasteiger partial charge in [-0.25, -0.2) is 0 Å². The van der Waals surface area contributed by atoms with Crippen LogP contribution in [0.15, 0.2) is 46.1 Å². The zero-order chi connectivity index (χ0) is 39.0. The molecule has 2 saturated heterocycles. The molecule has 294 valence electrons. The van der Waals surface area contributed by atoms with Gasteiger partial charge in [0.05, 0.1) is 17.1 Å². The first kappa shape index (κ1) is 41.1. The van der Waals surface area contributed by atoms with Crippen LogP contribution in [0.25, 0.3) is 0 Å². The lowest BCUT2D eigenvalue weighted by atomic mass is 9.53. The summed E-state index contributed by atoms with van der Waals surface area (Å²) in [7, 11) is 0. The second-order valence-electron chi connectivity index (χ2n) is 17.9. The maximum absolute atomic E-state index is 15.0. The van der Waals surface area contributed by atoms with Crippen molar-refractivity contribution in [2.75, 3.05) is 0 Å². The molecule has 1 N–H and O–H groups in total. The number of carbonyl (C=O) groups excluding carboxylic acids is 4. The number of hydrogen-bond donors (Lipinski definition) is 1. The van der Waals surface area contributed by atoms with E-state index in [4.69, 9.17) is 18.9 Å². The Morgan fingerprint density at radius 1 is 0.906 bits per heavy atom. The summed E-state index contributed by atoms with van der Waals surface area (Å²) in [6.07, 6.45) is 9.77. The SMILES string of the molecule is CC(=O)O[C@H]1CC(C)=CCCC(C)=CC(=O)C[C@@]23C(=O)O[C@H]([C@H]1C(C)C)[C@@H]2CC(C)=C1CC[C@](C)(O)[C@@H]2CC[C@@](C)(O2)[C@H](OC(C)=O)CCC(C)=C[C@H]13. The van der Waals surface area contributed by atoms with Crippen LogP contribution in [0.5, 0.6) is 0 Å². The van der Waals surface area contributed by atoms with Crippen molar-refractivity contribution in [3.8, 4) is 0 Å². The van der Waals surface area contributed by atoms with Crippen molar-refractivity contribution in [2.24, 2.45) is 29.1 Å². The first-order chi connectivity index (χ1) is 24.8. The minimum absolute atomic E-state index is 0.000361. The third-order valence-corrected chi connectivity index (χ3v) is 13.2. The summed E-state index contributed by atoms with van der Waals surface area (Å²) in [4.78, 5) is 54.2. The number of carbonyl (C=O) groups is 4. The maximum Gasteiger partial charge on any atom is 0.314 e. The van der Waals surface area contributed by atoms with E-state index in [2.05, 4.69) is 32.9 Å². The highest BCUT2D eigenvalue weighted by molar-refractivity contribution is 5.96. The number of hydrogen-bond acceptors (Lipinski definition) is 9. The molecule has 0 amide bonds. The normalized spacial score (nSPS) is 38.8. The van der Waals surface area contributed by atoms with Gasteiger partial charge in [0, 0.05) is 44.4 Å². The van der Waals surface area contributed by atoms with Gasteiger partial charge in [0.1, 0.15) is 23.9 Å². The monoisotopic (exact) mass is 736 g/mol. The summed E-state index contributed by atoms with van der Waals surface area (Å²) < 4.78 is 25.2. The molecule has 0 unspecified atom stereocenters. The van der Waals surface area contributed by atoms with Gasteiger partial charge in [-0.05, 0) is 111 Å². The van der Waals surface area contributed by atoms with Gasteiger partial charge in [0.25, 0.3) is 0 Å². The van der Waals surface area contributed by atoms with Crippen molar-refractivity contribution in [2.45, 2.75) is 175 Å². The molecule has 2 aliphatic carbocycles. The van der Waals surface area contributed by atoms with Gasteiger partial charge in [-0.1, -0.05) is 53.9 Å². The molecule has 53 heavy (non-hydrogen) atoms. The summed E-state index contributed by atoms with van der Waals surface area (Å²) in [5.41, 5.74) is 2.10. The Labute approximate surface area is 317 Å². The predicted octanol–water partition coefficient (Wildman–Crippen LogP) is 8.23. The van der Waals surface area contributed by atoms with Crippen molar-refractivity contribution >= 4 is 23.7 Å². The van der Waals surface area contributed by atoms with E-state index in [1.807, 2.05) is 34.6 Å². The zero-order valence-electron chi connectivity index (χ0n) is 33.8. The summed E-state index contributed by atoms with van der Waals surface area (Å²) >= 11 is 0. The fraction of sp³-hybridized carbons (Fsp3) is 0.727. The third-order valence-electron chi connectivity index (χ3n) is 13.2. The molecular weight excluding hydrogens is 672 g/mol. The van der Waals surface area contributed by atoms with E-state index in [0.717, 1.165) is 34.3 Å². The fourth-order valence-electron chi connectivity index (χ4n) is 10.4. The van der Waals surface area contributed by atoms with Gasteiger partial charge >= 0.3 is 17.9 Å². The molecule has 10 atom stereocenters. The van der Waals surface area contributed by atoms with E-state index in [1.165, 1.54) is 13.8 Å². The highest BCUT2D eigenvalue weighted by Gasteiger charge is 2.66. The molecule has 9 heteroatoms. The van der Waals surface area contributed by atoms with Gasteiger partial charge in [-0.2, -0.15) is 0 Å². The van der Waals surface area contributed by atoms with E-state index >= 15 is 0 Å². The Hall–Kier alpha value is -3.04. The molecule has 0 aromatic carbocycles. The van der Waals surface area contributed by atoms with Gasteiger partial charge in [-0.3, -0.25) is 19.2 Å². The molecule has 0 aromatic rings. The van der Waals surface area contributed by atoms with Crippen molar-refractivity contribution in [1.29, 1.82) is 0 Å². The zero-order valence-corrected chi connectivity index (χ0v) is 33.8. The van der Waals surface area contributed by atoms with Crippen LogP contribution in [0, 0.1) is 29.1 Å². The highest BCUT2D eigenvalue weighted by atomic mass is 16.6. The van der Waals surface area contributed by atoms with Crippen LogP contribution in [-0.2, 0) is 38.1 Å². The number of aliphatic hydroxyl groups is 1. The van der Waals surface area contributed by atoms with Crippen LogP contribution < -0.4 is 0 Å². The van der Waals surface area contributed by atoms with Crippen molar-refractivity contribution in [3.05, 3.63) is 46.1 Å². The summed E-state index contributed by atoms with van der Waals surface area (Å²) in [6.45, 7) is 19.0. The largest absolute Gasteiger partial charge is 0.462 e. The average Bonchev–Trinajstić information content (AvgIpc) is 3.56. The summed E-state index contributed by atoms with van der Waals surface area (Å²) in [5.74, 6) is -2.37. The van der Waals surface area contributed by atoms with Gasteiger partial charge in [0.15, 0.2) is 5.78 Å². The molecule has 9 nitrogen and oxygen atoms in total. The Balaban J connectivity index is 1.70. The Morgan fingerprint density at radius 2 is 1.60 bits per heavy atom. The van der Waals surface area contributed by atoms with Crippen LogP contribution in [0.1, 0.15) is 140 Å². The van der Waals surface area contributed by atoms with E-state index in [9.17, 15) is 24.3 Å². The lowest BCUT2D eigenvalue weighted by Crippen LogP contribution is -2.49. The van der Waals surface area contributed by atoms with Gasteiger partial charge in [-0.15, -0.1) is 0 Å². The van der Waals surface area contributed by atoms with E-state index in [0.29, 0.717) is 57.8 Å². The Morgan fingerprint density at radius 3 is 2.26 bits per heavy atom. The number of ketones is 1. The lowest BCUT2D eigenvalue weighted by Gasteiger charge is -2.46. The number of ether oxygens (including phenoxy) is 4. The fourth-order valence-corrected chi connectivity index (χ4v) is 10.4. The number of esters is 3. The highest BCUT2D eigenvalue weighted by Crippen LogP contribution is 2.61. The van der Waals surface area contributed by atoms with Crippen molar-refractivity contribution in [1.82, 2.24) is 0 Å². The molecule has 3 aliphatic heterocycles. The molecule has 0 spiro atoms. The number of allylic oxidation sites excluding steroid dienone is 7. The topological polar surface area (TPSA) is 125 Å². The van der Waals surface area contributed by atoms with E-state index in [-0.39, 0.29) is 47.9 Å². The van der Waals surface area contributed by atoms with Crippen LogP contribution in [0.4, 0.5) is 0 Å². The molecule has 5 rings (SSSR count). The molecule has 3 heterocycles. The molecule has 0 aromatic heterocycles. The van der Waals surface area contributed by atoms with Crippen molar-refractivity contribution in [3.63, 3.8) is 0 Å². The van der Waals surface area contributed by atoms with Gasteiger partial charge in [0.2, 0.25) is 0 Å². The smallest absolute Gasteiger partial charge is 0.314 e. The first-order valence-electron chi connectivity index (χ1n) is 19.9. The summed E-state index contributed by atoms with van der Waals surface area (Å²) in [6, 6.07) is 0. The van der Waals surface area contributed by atoms with Gasteiger partial charge < -0.3 is 24.1 Å². The first-order valence-corrected chi connectivity index (χ1v) is 19.9. The van der Waals surface area contributed by atoms with Crippen LogP contribution in [0.2, 0.25) is 0 Å². The van der Waals surface area contributed by atoms with E-state index in [1.54, 1.807) is 6.08 Å². The van der Waals surface area contributed by atoms with Crippen LogP contribution in [-0.4, -0.2) is 64.4 Å².